The molecule has 0 bridgehead atoms. The van der Waals surface area contributed by atoms with Gasteiger partial charge in [-0.1, -0.05) is 35.3 Å². The summed E-state index contributed by atoms with van der Waals surface area (Å²) in [6, 6.07) is 5.87. The van der Waals surface area contributed by atoms with Crippen LogP contribution in [0.25, 0.3) is 0 Å². The molecule has 1 aliphatic heterocycles. The molecule has 3 rings (SSSR count). The van der Waals surface area contributed by atoms with Crippen LogP contribution in [-0.2, 0) is 4.79 Å². The zero-order chi connectivity index (χ0) is 15.9. The van der Waals surface area contributed by atoms with Gasteiger partial charge in [0, 0.05) is 25.1 Å². The molecule has 1 saturated heterocycles. The van der Waals surface area contributed by atoms with Crippen molar-refractivity contribution in [2.75, 3.05) is 13.2 Å². The van der Waals surface area contributed by atoms with Gasteiger partial charge >= 0.3 is 0 Å². The van der Waals surface area contributed by atoms with Crippen LogP contribution in [0.3, 0.4) is 0 Å². The van der Waals surface area contributed by atoms with Crippen molar-refractivity contribution in [3.8, 4) is 0 Å². The lowest BCUT2D eigenvalue weighted by Gasteiger charge is -2.37. The number of rotatable bonds is 3. The lowest BCUT2D eigenvalue weighted by atomic mass is 9.93. The van der Waals surface area contributed by atoms with E-state index in [1.165, 1.54) is 0 Å². The van der Waals surface area contributed by atoms with E-state index in [1.54, 1.807) is 6.07 Å². The SMILES string of the molecule is CC1CCC(CO)CN1C(=O)C1CC1c1cccc(Cl)c1Cl. The smallest absolute Gasteiger partial charge is 0.226 e. The quantitative estimate of drug-likeness (QED) is 0.910. The topological polar surface area (TPSA) is 40.5 Å². The fourth-order valence-electron chi connectivity index (χ4n) is 3.47. The maximum absolute atomic E-state index is 12.8. The van der Waals surface area contributed by atoms with Gasteiger partial charge in [0.25, 0.3) is 0 Å². The molecular formula is C17H21Cl2NO2. The number of benzene rings is 1. The lowest BCUT2D eigenvalue weighted by molar-refractivity contribution is -0.137. The average Bonchev–Trinajstić information content (AvgIpc) is 3.30. The van der Waals surface area contributed by atoms with Crippen molar-refractivity contribution in [1.29, 1.82) is 0 Å². The average molecular weight is 342 g/mol. The van der Waals surface area contributed by atoms with Gasteiger partial charge in [-0.05, 0) is 49.7 Å². The van der Waals surface area contributed by atoms with Crippen LogP contribution in [0.15, 0.2) is 18.2 Å². The summed E-state index contributed by atoms with van der Waals surface area (Å²) in [5, 5.41) is 10.5. The maximum atomic E-state index is 12.8. The summed E-state index contributed by atoms with van der Waals surface area (Å²) in [5.41, 5.74) is 0.982. The number of carbonyl (C=O) groups excluding carboxylic acids is 1. The van der Waals surface area contributed by atoms with Crippen molar-refractivity contribution in [1.82, 2.24) is 4.90 Å². The minimum atomic E-state index is 0.0101. The van der Waals surface area contributed by atoms with Gasteiger partial charge in [0.05, 0.1) is 10.0 Å². The fourth-order valence-corrected chi connectivity index (χ4v) is 3.92. The Morgan fingerprint density at radius 2 is 2.14 bits per heavy atom. The Bertz CT molecular complexity index is 578. The van der Waals surface area contributed by atoms with E-state index < -0.39 is 0 Å². The van der Waals surface area contributed by atoms with Crippen molar-refractivity contribution < 1.29 is 9.90 Å². The second-order valence-corrected chi connectivity index (χ2v) is 7.34. The third-order valence-electron chi connectivity index (χ3n) is 5.01. The molecule has 22 heavy (non-hydrogen) atoms. The van der Waals surface area contributed by atoms with Gasteiger partial charge in [0.1, 0.15) is 0 Å². The molecule has 0 aromatic heterocycles. The van der Waals surface area contributed by atoms with Crippen LogP contribution in [0.4, 0.5) is 0 Å². The predicted octanol–water partition coefficient (Wildman–Crippen LogP) is 3.72. The molecule has 1 aliphatic carbocycles. The molecule has 1 N–H and O–H groups in total. The second kappa shape index (κ2) is 6.38. The molecule has 1 heterocycles. The van der Waals surface area contributed by atoms with Crippen molar-refractivity contribution in [3.05, 3.63) is 33.8 Å². The third kappa shape index (κ3) is 2.99. The predicted molar refractivity (Wildman–Crippen MR) is 88.3 cm³/mol. The van der Waals surface area contributed by atoms with Crippen LogP contribution in [0.5, 0.6) is 0 Å². The molecule has 5 heteroatoms. The largest absolute Gasteiger partial charge is 0.396 e. The van der Waals surface area contributed by atoms with Crippen LogP contribution in [0.2, 0.25) is 10.0 Å². The molecule has 0 spiro atoms. The van der Waals surface area contributed by atoms with Crippen molar-refractivity contribution in [2.24, 2.45) is 11.8 Å². The summed E-state index contributed by atoms with van der Waals surface area (Å²) in [6.45, 7) is 2.92. The van der Waals surface area contributed by atoms with Crippen LogP contribution in [0.1, 0.15) is 37.7 Å². The Kier molecular flexibility index (Phi) is 4.67. The number of amides is 1. The molecule has 2 aliphatic rings. The first-order valence-electron chi connectivity index (χ1n) is 7.88. The number of carbonyl (C=O) groups is 1. The van der Waals surface area contributed by atoms with E-state index in [-0.39, 0.29) is 36.3 Å². The molecule has 2 fully saturated rings. The van der Waals surface area contributed by atoms with Gasteiger partial charge in [-0.3, -0.25) is 4.79 Å². The molecule has 120 valence electrons. The van der Waals surface area contributed by atoms with E-state index in [0.29, 0.717) is 16.6 Å². The first kappa shape index (κ1) is 16.1. The van der Waals surface area contributed by atoms with Crippen molar-refractivity contribution in [3.63, 3.8) is 0 Å². The summed E-state index contributed by atoms with van der Waals surface area (Å²) < 4.78 is 0. The standard InChI is InChI=1S/C17H21Cl2NO2/c1-10-5-6-11(9-21)8-20(10)17(22)14-7-13(14)12-3-2-4-15(18)16(12)19/h2-4,10-11,13-14,21H,5-9H2,1H3. The minimum Gasteiger partial charge on any atom is -0.396 e. The van der Waals surface area contributed by atoms with Gasteiger partial charge < -0.3 is 10.0 Å². The fraction of sp³-hybridized carbons (Fsp3) is 0.588. The highest BCUT2D eigenvalue weighted by Gasteiger charge is 2.48. The molecule has 1 aromatic rings. The lowest BCUT2D eigenvalue weighted by Crippen LogP contribution is -2.47. The first-order valence-corrected chi connectivity index (χ1v) is 8.63. The van der Waals surface area contributed by atoms with Crippen LogP contribution < -0.4 is 0 Å². The van der Waals surface area contributed by atoms with Gasteiger partial charge in [0.2, 0.25) is 5.91 Å². The van der Waals surface area contributed by atoms with E-state index in [0.717, 1.165) is 24.8 Å². The number of hydrogen-bond donors (Lipinski definition) is 1. The van der Waals surface area contributed by atoms with Crippen LogP contribution in [-0.4, -0.2) is 35.1 Å². The molecule has 4 unspecified atom stereocenters. The molecule has 0 radical (unpaired) electrons. The molecule has 1 saturated carbocycles. The number of aliphatic hydroxyl groups excluding tert-OH is 1. The summed E-state index contributed by atoms with van der Waals surface area (Å²) in [4.78, 5) is 14.7. The Morgan fingerprint density at radius 1 is 1.36 bits per heavy atom. The highest BCUT2D eigenvalue weighted by Crippen LogP contribution is 2.52. The maximum Gasteiger partial charge on any atom is 0.226 e. The van der Waals surface area contributed by atoms with E-state index in [2.05, 4.69) is 6.92 Å². The van der Waals surface area contributed by atoms with Gasteiger partial charge in [0.15, 0.2) is 0 Å². The highest BCUT2D eigenvalue weighted by molar-refractivity contribution is 6.42. The first-order chi connectivity index (χ1) is 10.5. The molecule has 1 amide bonds. The number of nitrogens with zero attached hydrogens (tertiary/aromatic N) is 1. The van der Waals surface area contributed by atoms with E-state index >= 15 is 0 Å². The Hall–Kier alpha value is -0.770. The zero-order valence-corrected chi connectivity index (χ0v) is 14.1. The number of aliphatic hydroxyl groups is 1. The van der Waals surface area contributed by atoms with Crippen molar-refractivity contribution >= 4 is 29.1 Å². The number of halogens is 2. The van der Waals surface area contributed by atoms with Crippen molar-refractivity contribution in [2.45, 2.75) is 38.1 Å². The molecular weight excluding hydrogens is 321 g/mol. The normalized spacial score (nSPS) is 31.2. The summed E-state index contributed by atoms with van der Waals surface area (Å²) in [7, 11) is 0. The van der Waals surface area contributed by atoms with Crippen LogP contribution in [0, 0.1) is 11.8 Å². The summed E-state index contributed by atoms with van der Waals surface area (Å²) in [6.07, 6.45) is 2.80. The third-order valence-corrected chi connectivity index (χ3v) is 5.84. The van der Waals surface area contributed by atoms with Gasteiger partial charge in [-0.2, -0.15) is 0 Å². The number of piperidine rings is 1. The molecule has 4 atom stereocenters. The van der Waals surface area contributed by atoms with Gasteiger partial charge in [-0.25, -0.2) is 0 Å². The van der Waals surface area contributed by atoms with E-state index in [9.17, 15) is 9.90 Å². The van der Waals surface area contributed by atoms with E-state index in [4.69, 9.17) is 23.2 Å². The highest BCUT2D eigenvalue weighted by atomic mass is 35.5. The monoisotopic (exact) mass is 341 g/mol. The number of likely N-dealkylation sites (tertiary alicyclic amines) is 1. The second-order valence-electron chi connectivity index (χ2n) is 6.56. The van der Waals surface area contributed by atoms with E-state index in [1.807, 2.05) is 17.0 Å². The van der Waals surface area contributed by atoms with Gasteiger partial charge in [-0.15, -0.1) is 0 Å². The minimum absolute atomic E-state index is 0.0101. The molecule has 3 nitrogen and oxygen atoms in total. The zero-order valence-electron chi connectivity index (χ0n) is 12.6. The van der Waals surface area contributed by atoms with Crippen LogP contribution >= 0.6 is 23.2 Å². The molecule has 1 aromatic carbocycles. The Labute approximate surface area is 141 Å². The number of hydrogen-bond acceptors (Lipinski definition) is 2. The Morgan fingerprint density at radius 3 is 2.86 bits per heavy atom. The summed E-state index contributed by atoms with van der Waals surface area (Å²) >= 11 is 12.3. The Balaban J connectivity index is 1.71. The summed E-state index contributed by atoms with van der Waals surface area (Å²) in [5.74, 6) is 0.607.